The van der Waals surface area contributed by atoms with E-state index in [4.69, 9.17) is 4.42 Å². The van der Waals surface area contributed by atoms with Crippen molar-refractivity contribution < 1.29 is 9.21 Å². The number of nitrogens with one attached hydrogen (secondary N) is 1. The largest absolute Gasteiger partial charge is 0.466 e. The van der Waals surface area contributed by atoms with E-state index < -0.39 is 0 Å². The molecule has 0 saturated heterocycles. The molecule has 0 bridgehead atoms. The molecule has 2 heterocycles. The molecule has 2 aromatic rings. The normalized spacial score (nSPS) is 12.4. The summed E-state index contributed by atoms with van der Waals surface area (Å²) < 4.78 is 7.44. The Hall–Kier alpha value is -2.04. The molecule has 1 atom stereocenters. The van der Waals surface area contributed by atoms with Gasteiger partial charge in [-0.1, -0.05) is 13.8 Å². The van der Waals surface area contributed by atoms with Crippen LogP contribution in [-0.2, 0) is 31.1 Å². The molecule has 0 spiro atoms. The summed E-state index contributed by atoms with van der Waals surface area (Å²) in [5.74, 6) is 1.75. The maximum absolute atomic E-state index is 12.5. The first-order chi connectivity index (χ1) is 10.9. The van der Waals surface area contributed by atoms with Crippen LogP contribution in [0.4, 0.5) is 0 Å². The highest BCUT2D eigenvalue weighted by Crippen LogP contribution is 2.22. The van der Waals surface area contributed by atoms with Crippen molar-refractivity contribution >= 4 is 5.91 Å². The molecule has 5 heteroatoms. The van der Waals surface area contributed by atoms with E-state index >= 15 is 0 Å². The highest BCUT2D eigenvalue weighted by atomic mass is 16.3. The number of aromatic nitrogens is 2. The molecule has 0 radical (unpaired) electrons. The first-order valence-corrected chi connectivity index (χ1v) is 8.27. The van der Waals surface area contributed by atoms with Crippen molar-refractivity contribution in [2.24, 2.45) is 7.05 Å². The third kappa shape index (κ3) is 3.66. The van der Waals surface area contributed by atoms with Crippen LogP contribution in [0, 0.1) is 13.8 Å². The van der Waals surface area contributed by atoms with Crippen LogP contribution >= 0.6 is 0 Å². The molecule has 23 heavy (non-hydrogen) atoms. The van der Waals surface area contributed by atoms with Crippen LogP contribution in [0.15, 0.2) is 10.5 Å². The minimum atomic E-state index is -0.0632. The summed E-state index contributed by atoms with van der Waals surface area (Å²) in [5.41, 5.74) is 4.26. The molecular formula is C18H27N3O2. The van der Waals surface area contributed by atoms with Gasteiger partial charge >= 0.3 is 0 Å². The van der Waals surface area contributed by atoms with Crippen molar-refractivity contribution in [2.45, 2.75) is 59.9 Å². The summed E-state index contributed by atoms with van der Waals surface area (Å²) in [6.45, 7) is 10.00. The summed E-state index contributed by atoms with van der Waals surface area (Å²) in [4.78, 5) is 12.5. The quantitative estimate of drug-likeness (QED) is 0.890. The standard InChI is InChI=1S/C18H27N3O2/c1-7-16-15(17(8-2)21(6)20-16)10-18(22)19-12(4)14-9-11(3)23-13(14)5/h9,12H,7-8,10H2,1-6H3,(H,19,22). The third-order valence-corrected chi connectivity index (χ3v) is 4.29. The van der Waals surface area contributed by atoms with Gasteiger partial charge in [-0.05, 0) is 39.7 Å². The van der Waals surface area contributed by atoms with E-state index in [1.165, 1.54) is 0 Å². The Balaban J connectivity index is 2.12. The predicted molar refractivity (Wildman–Crippen MR) is 90.4 cm³/mol. The van der Waals surface area contributed by atoms with Gasteiger partial charge in [-0.3, -0.25) is 9.48 Å². The number of furan rings is 1. The fraction of sp³-hybridized carbons (Fsp3) is 0.556. The van der Waals surface area contributed by atoms with Crippen LogP contribution < -0.4 is 5.32 Å². The van der Waals surface area contributed by atoms with E-state index in [-0.39, 0.29) is 11.9 Å². The molecule has 1 N–H and O–H groups in total. The fourth-order valence-electron chi connectivity index (χ4n) is 3.21. The highest BCUT2D eigenvalue weighted by molar-refractivity contribution is 5.79. The Morgan fingerprint density at radius 3 is 2.57 bits per heavy atom. The van der Waals surface area contributed by atoms with Crippen LogP contribution in [0.25, 0.3) is 0 Å². The number of carbonyl (C=O) groups is 1. The molecule has 0 fully saturated rings. The predicted octanol–water partition coefficient (Wildman–Crippen LogP) is 3.17. The third-order valence-electron chi connectivity index (χ3n) is 4.29. The maximum Gasteiger partial charge on any atom is 0.225 e. The maximum atomic E-state index is 12.5. The molecule has 2 aromatic heterocycles. The van der Waals surface area contributed by atoms with Crippen molar-refractivity contribution in [3.8, 4) is 0 Å². The van der Waals surface area contributed by atoms with Crippen LogP contribution in [0.1, 0.15) is 60.8 Å². The summed E-state index contributed by atoms with van der Waals surface area (Å²) >= 11 is 0. The van der Waals surface area contributed by atoms with E-state index in [1.54, 1.807) is 0 Å². The first-order valence-electron chi connectivity index (χ1n) is 8.27. The van der Waals surface area contributed by atoms with Crippen LogP contribution in [0.2, 0.25) is 0 Å². The molecule has 0 aromatic carbocycles. The number of hydrogen-bond donors (Lipinski definition) is 1. The smallest absolute Gasteiger partial charge is 0.225 e. The molecule has 0 aliphatic heterocycles. The van der Waals surface area contributed by atoms with E-state index in [0.29, 0.717) is 6.42 Å². The fourth-order valence-corrected chi connectivity index (χ4v) is 3.21. The molecule has 5 nitrogen and oxygen atoms in total. The van der Waals surface area contributed by atoms with Gasteiger partial charge in [0.2, 0.25) is 5.91 Å². The summed E-state index contributed by atoms with van der Waals surface area (Å²) in [6.07, 6.45) is 2.09. The van der Waals surface area contributed by atoms with E-state index in [0.717, 1.165) is 46.9 Å². The van der Waals surface area contributed by atoms with E-state index in [2.05, 4.69) is 24.3 Å². The highest BCUT2D eigenvalue weighted by Gasteiger charge is 2.19. The van der Waals surface area contributed by atoms with E-state index in [1.807, 2.05) is 38.6 Å². The van der Waals surface area contributed by atoms with Crippen LogP contribution in [0.5, 0.6) is 0 Å². The Kier molecular flexibility index (Phi) is 5.29. The zero-order valence-electron chi connectivity index (χ0n) is 15.0. The lowest BCUT2D eigenvalue weighted by Gasteiger charge is -2.14. The van der Waals surface area contributed by atoms with Crippen molar-refractivity contribution in [1.29, 1.82) is 0 Å². The lowest BCUT2D eigenvalue weighted by Crippen LogP contribution is -2.28. The van der Waals surface area contributed by atoms with Crippen LogP contribution in [0.3, 0.4) is 0 Å². The molecule has 1 amide bonds. The molecular weight excluding hydrogens is 290 g/mol. The number of amides is 1. The zero-order valence-corrected chi connectivity index (χ0v) is 15.0. The summed E-state index contributed by atoms with van der Waals surface area (Å²) in [6, 6.07) is 1.92. The van der Waals surface area contributed by atoms with E-state index in [9.17, 15) is 4.79 Å². The Morgan fingerprint density at radius 1 is 1.35 bits per heavy atom. The molecule has 0 aliphatic rings. The van der Waals surface area contributed by atoms with Gasteiger partial charge in [0.15, 0.2) is 0 Å². The first kappa shape index (κ1) is 17.3. The number of hydrogen-bond acceptors (Lipinski definition) is 3. The number of carbonyl (C=O) groups excluding carboxylic acids is 1. The van der Waals surface area contributed by atoms with Crippen molar-refractivity contribution in [1.82, 2.24) is 15.1 Å². The molecule has 2 rings (SSSR count). The zero-order chi connectivity index (χ0) is 17.1. The summed E-state index contributed by atoms with van der Waals surface area (Å²) in [5, 5.41) is 7.60. The average Bonchev–Trinajstić information content (AvgIpc) is 2.97. The monoisotopic (exact) mass is 317 g/mol. The van der Waals surface area contributed by atoms with Gasteiger partial charge in [0.1, 0.15) is 11.5 Å². The van der Waals surface area contributed by atoms with Gasteiger partial charge in [-0.25, -0.2) is 0 Å². The second-order valence-electron chi connectivity index (χ2n) is 6.04. The van der Waals surface area contributed by atoms with Crippen molar-refractivity contribution in [2.75, 3.05) is 0 Å². The topological polar surface area (TPSA) is 60.1 Å². The second kappa shape index (κ2) is 7.02. The van der Waals surface area contributed by atoms with Gasteiger partial charge in [-0.15, -0.1) is 0 Å². The second-order valence-corrected chi connectivity index (χ2v) is 6.04. The SMILES string of the molecule is CCc1nn(C)c(CC)c1CC(=O)NC(C)c1cc(C)oc1C. The lowest BCUT2D eigenvalue weighted by molar-refractivity contribution is -0.121. The minimum Gasteiger partial charge on any atom is -0.466 e. The molecule has 1 unspecified atom stereocenters. The van der Waals surface area contributed by atoms with Crippen LogP contribution in [-0.4, -0.2) is 15.7 Å². The molecule has 0 saturated carbocycles. The Bertz CT molecular complexity index is 697. The number of aryl methyl sites for hydroxylation is 4. The van der Waals surface area contributed by atoms with Gasteiger partial charge in [0.05, 0.1) is 18.2 Å². The Labute approximate surface area is 138 Å². The average molecular weight is 317 g/mol. The van der Waals surface area contributed by atoms with Gasteiger partial charge in [-0.2, -0.15) is 5.10 Å². The molecule has 126 valence electrons. The number of nitrogens with zero attached hydrogens (tertiary/aromatic N) is 2. The Morgan fingerprint density at radius 2 is 2.04 bits per heavy atom. The number of rotatable bonds is 6. The summed E-state index contributed by atoms with van der Waals surface area (Å²) in [7, 11) is 1.94. The van der Waals surface area contributed by atoms with Crippen molar-refractivity contribution in [3.05, 3.63) is 40.1 Å². The van der Waals surface area contributed by atoms with Gasteiger partial charge in [0.25, 0.3) is 0 Å². The van der Waals surface area contributed by atoms with Crippen molar-refractivity contribution in [3.63, 3.8) is 0 Å². The molecule has 0 aliphatic carbocycles. The van der Waals surface area contributed by atoms with Gasteiger partial charge in [0, 0.05) is 23.9 Å². The minimum absolute atomic E-state index is 0.0214. The van der Waals surface area contributed by atoms with Gasteiger partial charge < -0.3 is 9.73 Å². The lowest BCUT2D eigenvalue weighted by atomic mass is 10.0.